The van der Waals surface area contributed by atoms with Crippen LogP contribution in [-0.4, -0.2) is 31.2 Å². The van der Waals surface area contributed by atoms with Gasteiger partial charge in [0.25, 0.3) is 10.1 Å². The van der Waals surface area contributed by atoms with Crippen molar-refractivity contribution in [3.05, 3.63) is 29.8 Å². The Hall–Kier alpha value is -0.950. The zero-order valence-electron chi connectivity index (χ0n) is 16.4. The first kappa shape index (κ1) is 25.1. The standard InChI is InChI=1S/C18H30O3S.C2H7NO/c1-3-5-7-9-11-16(10-8-6-4-2)17-12-14-18(15-13-17)22(19,20)21;3-1-2-4/h12-16H,3-11H2,1-2H3,(H,19,20,21);4H,1-3H2. The number of hydrogen-bond acceptors (Lipinski definition) is 4. The SMILES string of the molecule is CCCCCCC(CCCCC)c1ccc(S(=O)(=O)O)cc1.NCCO. The third-order valence-electron chi connectivity index (χ3n) is 4.34. The largest absolute Gasteiger partial charge is 0.395 e. The molecule has 0 aliphatic heterocycles. The Balaban J connectivity index is 0.00000141. The molecule has 0 radical (unpaired) electrons. The fourth-order valence-corrected chi connectivity index (χ4v) is 3.33. The molecule has 1 aromatic rings. The maximum Gasteiger partial charge on any atom is 0.294 e. The fraction of sp³-hybridized carbons (Fsp3) is 0.700. The third-order valence-corrected chi connectivity index (χ3v) is 5.21. The molecule has 1 unspecified atom stereocenters. The van der Waals surface area contributed by atoms with Gasteiger partial charge in [-0.15, -0.1) is 0 Å². The quantitative estimate of drug-likeness (QED) is 0.362. The normalized spacial score (nSPS) is 12.3. The highest BCUT2D eigenvalue weighted by molar-refractivity contribution is 7.85. The highest BCUT2D eigenvalue weighted by Crippen LogP contribution is 2.29. The summed E-state index contributed by atoms with van der Waals surface area (Å²) < 4.78 is 31.3. The van der Waals surface area contributed by atoms with Crippen LogP contribution in [0.3, 0.4) is 0 Å². The van der Waals surface area contributed by atoms with Crippen molar-refractivity contribution >= 4 is 10.1 Å². The van der Waals surface area contributed by atoms with Crippen molar-refractivity contribution in [2.24, 2.45) is 5.73 Å². The van der Waals surface area contributed by atoms with Gasteiger partial charge < -0.3 is 10.8 Å². The van der Waals surface area contributed by atoms with Gasteiger partial charge >= 0.3 is 0 Å². The van der Waals surface area contributed by atoms with Crippen molar-refractivity contribution in [3.8, 4) is 0 Å². The van der Waals surface area contributed by atoms with Crippen LogP contribution in [0, 0.1) is 0 Å². The summed E-state index contributed by atoms with van der Waals surface area (Å²) in [5.74, 6) is 0.499. The van der Waals surface area contributed by atoms with Crippen molar-refractivity contribution in [1.29, 1.82) is 0 Å². The molecule has 1 atom stereocenters. The van der Waals surface area contributed by atoms with Gasteiger partial charge in [0.15, 0.2) is 0 Å². The summed E-state index contributed by atoms with van der Waals surface area (Å²) >= 11 is 0. The van der Waals surface area contributed by atoms with Gasteiger partial charge in [-0.25, -0.2) is 0 Å². The molecule has 0 heterocycles. The molecule has 26 heavy (non-hydrogen) atoms. The Kier molecular flexibility index (Phi) is 14.6. The summed E-state index contributed by atoms with van der Waals surface area (Å²) in [6.07, 6.45) is 11.0. The first-order valence-electron chi connectivity index (χ1n) is 9.79. The second-order valence-corrected chi connectivity index (χ2v) is 8.02. The maximum absolute atomic E-state index is 11.1. The highest BCUT2D eigenvalue weighted by atomic mass is 32.2. The van der Waals surface area contributed by atoms with Crippen LogP contribution >= 0.6 is 0 Å². The van der Waals surface area contributed by atoms with E-state index in [4.69, 9.17) is 15.4 Å². The zero-order valence-corrected chi connectivity index (χ0v) is 17.2. The molecule has 0 aliphatic carbocycles. The molecular formula is C20H37NO4S. The van der Waals surface area contributed by atoms with Crippen molar-refractivity contribution in [1.82, 2.24) is 0 Å². The van der Waals surface area contributed by atoms with E-state index in [-0.39, 0.29) is 11.5 Å². The minimum atomic E-state index is -4.09. The van der Waals surface area contributed by atoms with Crippen LogP contribution in [0.4, 0.5) is 0 Å². The lowest BCUT2D eigenvalue weighted by molar-refractivity contribution is 0.306. The summed E-state index contributed by atoms with van der Waals surface area (Å²) in [4.78, 5) is -0.0189. The lowest BCUT2D eigenvalue weighted by Gasteiger charge is -2.17. The number of rotatable bonds is 12. The molecule has 0 spiro atoms. The smallest absolute Gasteiger partial charge is 0.294 e. The van der Waals surface area contributed by atoms with Gasteiger partial charge in [0.1, 0.15) is 0 Å². The van der Waals surface area contributed by atoms with E-state index in [1.807, 2.05) is 12.1 Å². The van der Waals surface area contributed by atoms with Crippen molar-refractivity contribution in [2.75, 3.05) is 13.2 Å². The van der Waals surface area contributed by atoms with Gasteiger partial charge in [-0.3, -0.25) is 4.55 Å². The summed E-state index contributed by atoms with van der Waals surface area (Å²) in [7, 11) is -4.09. The second kappa shape index (κ2) is 15.1. The maximum atomic E-state index is 11.1. The Morgan fingerprint density at radius 3 is 1.81 bits per heavy atom. The summed E-state index contributed by atoms with van der Waals surface area (Å²) in [6, 6.07) is 6.76. The van der Waals surface area contributed by atoms with Crippen LogP contribution < -0.4 is 5.73 Å². The summed E-state index contributed by atoms with van der Waals surface area (Å²) in [6.45, 7) is 4.89. The van der Waals surface area contributed by atoms with Crippen LogP contribution in [0.25, 0.3) is 0 Å². The summed E-state index contributed by atoms with van der Waals surface area (Å²) in [5, 5.41) is 7.75. The lowest BCUT2D eigenvalue weighted by Crippen LogP contribution is -2.02. The number of unbranched alkanes of at least 4 members (excludes halogenated alkanes) is 5. The average molecular weight is 388 g/mol. The van der Waals surface area contributed by atoms with Gasteiger partial charge in [0.2, 0.25) is 0 Å². The first-order valence-corrected chi connectivity index (χ1v) is 11.2. The van der Waals surface area contributed by atoms with Crippen LogP contribution in [-0.2, 0) is 10.1 Å². The molecular weight excluding hydrogens is 350 g/mol. The van der Waals surface area contributed by atoms with E-state index in [9.17, 15) is 8.42 Å². The zero-order chi connectivity index (χ0) is 19.8. The van der Waals surface area contributed by atoms with Gasteiger partial charge in [-0.05, 0) is 36.5 Å². The lowest BCUT2D eigenvalue weighted by atomic mass is 9.88. The van der Waals surface area contributed by atoms with E-state index in [0.717, 1.165) is 12.8 Å². The topological polar surface area (TPSA) is 101 Å². The summed E-state index contributed by atoms with van der Waals surface area (Å²) in [5.41, 5.74) is 5.97. The minimum Gasteiger partial charge on any atom is -0.395 e. The Morgan fingerprint density at radius 1 is 0.923 bits per heavy atom. The molecule has 0 aromatic heterocycles. The Labute approximate surface area is 159 Å². The van der Waals surface area contributed by atoms with Crippen molar-refractivity contribution in [3.63, 3.8) is 0 Å². The molecule has 4 N–H and O–H groups in total. The molecule has 0 saturated carbocycles. The van der Waals surface area contributed by atoms with E-state index >= 15 is 0 Å². The highest BCUT2D eigenvalue weighted by Gasteiger charge is 2.14. The second-order valence-electron chi connectivity index (χ2n) is 6.60. The van der Waals surface area contributed by atoms with Crippen LogP contribution in [0.15, 0.2) is 29.2 Å². The predicted octanol–water partition coefficient (Wildman–Crippen LogP) is 4.51. The van der Waals surface area contributed by atoms with Gasteiger partial charge in [-0.1, -0.05) is 70.9 Å². The van der Waals surface area contributed by atoms with E-state index in [0.29, 0.717) is 12.5 Å². The molecule has 0 amide bonds. The van der Waals surface area contributed by atoms with Crippen LogP contribution in [0.1, 0.15) is 83.1 Å². The average Bonchev–Trinajstić information content (AvgIpc) is 2.63. The monoisotopic (exact) mass is 387 g/mol. The number of hydrogen-bond donors (Lipinski definition) is 3. The van der Waals surface area contributed by atoms with E-state index in [2.05, 4.69) is 13.8 Å². The number of aliphatic hydroxyl groups is 1. The minimum absolute atomic E-state index is 0.0189. The van der Waals surface area contributed by atoms with Gasteiger partial charge in [-0.2, -0.15) is 8.42 Å². The molecule has 1 rings (SSSR count). The molecule has 0 fully saturated rings. The van der Waals surface area contributed by atoms with E-state index < -0.39 is 10.1 Å². The van der Waals surface area contributed by atoms with Gasteiger partial charge in [0, 0.05) is 6.54 Å². The Bertz CT molecular complexity index is 541. The van der Waals surface area contributed by atoms with Crippen molar-refractivity contribution in [2.45, 2.75) is 82.4 Å². The van der Waals surface area contributed by atoms with Gasteiger partial charge in [0.05, 0.1) is 11.5 Å². The van der Waals surface area contributed by atoms with E-state index in [1.165, 1.54) is 62.6 Å². The number of benzene rings is 1. The molecule has 1 aromatic carbocycles. The van der Waals surface area contributed by atoms with E-state index in [1.54, 1.807) is 0 Å². The Morgan fingerprint density at radius 2 is 1.38 bits per heavy atom. The third kappa shape index (κ3) is 11.6. The molecule has 0 aliphatic rings. The molecule has 6 heteroatoms. The number of nitrogens with two attached hydrogens (primary N) is 1. The molecule has 0 bridgehead atoms. The predicted molar refractivity (Wildman–Crippen MR) is 108 cm³/mol. The molecule has 5 nitrogen and oxygen atoms in total. The first-order chi connectivity index (χ1) is 12.4. The fourth-order valence-electron chi connectivity index (χ4n) is 2.85. The van der Waals surface area contributed by atoms with Crippen LogP contribution in [0.2, 0.25) is 0 Å². The van der Waals surface area contributed by atoms with Crippen LogP contribution in [0.5, 0.6) is 0 Å². The van der Waals surface area contributed by atoms with Crippen molar-refractivity contribution < 1.29 is 18.1 Å². The molecule has 0 saturated heterocycles. The molecule has 152 valence electrons. The number of aliphatic hydroxyl groups excluding tert-OH is 1.